The first-order valence-corrected chi connectivity index (χ1v) is 7.99. The van der Waals surface area contributed by atoms with Gasteiger partial charge < -0.3 is 16.4 Å². The first-order chi connectivity index (χ1) is 11.9. The smallest absolute Gasteiger partial charge is 0.320 e. The lowest BCUT2D eigenvalue weighted by Crippen LogP contribution is -2.32. The number of pyridine rings is 2. The van der Waals surface area contributed by atoms with E-state index in [0.717, 1.165) is 11.3 Å². The van der Waals surface area contributed by atoms with Crippen molar-refractivity contribution < 1.29 is 4.79 Å². The van der Waals surface area contributed by atoms with Gasteiger partial charge in [-0.2, -0.15) is 0 Å². The molecule has 0 aliphatic heterocycles. The summed E-state index contributed by atoms with van der Waals surface area (Å²) in [5, 5.41) is 16.2. The van der Waals surface area contributed by atoms with Gasteiger partial charge >= 0.3 is 6.03 Å². The number of nitrogens with one attached hydrogen (secondary N) is 4. The molecule has 6 N–H and O–H groups in total. The maximum absolute atomic E-state index is 12.1. The van der Waals surface area contributed by atoms with Crippen LogP contribution in [-0.4, -0.2) is 28.4 Å². The number of hydrogen-bond donors (Lipinski definition) is 5. The summed E-state index contributed by atoms with van der Waals surface area (Å²) < 4.78 is 0. The van der Waals surface area contributed by atoms with Crippen LogP contribution in [0.4, 0.5) is 16.3 Å². The largest absolute Gasteiger partial charge is 0.398 e. The molecule has 0 aromatic carbocycles. The van der Waals surface area contributed by atoms with Gasteiger partial charge in [0.15, 0.2) is 0 Å². The number of nitrogens with two attached hydrogens (primary N) is 1. The maximum Gasteiger partial charge on any atom is 0.320 e. The molecule has 0 bridgehead atoms. The minimum absolute atomic E-state index is 0.197. The van der Waals surface area contributed by atoms with Crippen LogP contribution in [0.2, 0.25) is 0 Å². The van der Waals surface area contributed by atoms with E-state index in [1.165, 1.54) is 12.3 Å². The molecule has 8 nitrogen and oxygen atoms in total. The molecule has 2 amide bonds. The first kappa shape index (κ1) is 18.2. The van der Waals surface area contributed by atoms with Gasteiger partial charge in [0, 0.05) is 30.7 Å². The number of amides is 2. The second kappa shape index (κ2) is 8.09. The average Bonchev–Trinajstić information content (AvgIpc) is 2.55. The normalized spacial score (nSPS) is 11.5. The molecule has 2 rings (SSSR count). The van der Waals surface area contributed by atoms with Crippen LogP contribution in [-0.2, 0) is 0 Å². The molecule has 132 valence electrons. The van der Waals surface area contributed by atoms with Gasteiger partial charge in [-0.3, -0.25) is 15.7 Å². The van der Waals surface area contributed by atoms with E-state index in [9.17, 15) is 4.79 Å². The molecule has 0 aliphatic carbocycles. The van der Waals surface area contributed by atoms with Gasteiger partial charge in [0.05, 0.1) is 17.3 Å². The Bertz CT molecular complexity index is 775. The van der Waals surface area contributed by atoms with Crippen molar-refractivity contribution in [3.05, 3.63) is 47.4 Å². The highest BCUT2D eigenvalue weighted by Gasteiger charge is 2.13. The third-order valence-electron chi connectivity index (χ3n) is 3.53. The van der Waals surface area contributed by atoms with Crippen LogP contribution in [0.25, 0.3) is 0 Å². The molecule has 0 aliphatic rings. The number of urea groups is 1. The van der Waals surface area contributed by atoms with Crippen molar-refractivity contribution in [1.29, 1.82) is 5.41 Å². The number of hydrogen-bond acceptors (Lipinski definition) is 5. The number of carbonyl (C=O) groups is 1. The van der Waals surface area contributed by atoms with Crippen molar-refractivity contribution in [2.24, 2.45) is 0 Å². The van der Waals surface area contributed by atoms with Gasteiger partial charge in [-0.25, -0.2) is 9.78 Å². The summed E-state index contributed by atoms with van der Waals surface area (Å²) in [7, 11) is 0. The number of anilines is 2. The molecule has 0 spiro atoms. The van der Waals surface area contributed by atoms with E-state index in [1.807, 2.05) is 32.9 Å². The highest BCUT2D eigenvalue weighted by atomic mass is 16.2. The summed E-state index contributed by atoms with van der Waals surface area (Å²) in [6, 6.07) is 4.68. The van der Waals surface area contributed by atoms with Gasteiger partial charge in [-0.15, -0.1) is 0 Å². The predicted octanol–water partition coefficient (Wildman–Crippen LogP) is 2.18. The molecule has 2 aromatic rings. The third-order valence-corrected chi connectivity index (χ3v) is 3.53. The van der Waals surface area contributed by atoms with Crippen LogP contribution in [0, 0.1) is 12.3 Å². The number of rotatable bonds is 5. The Morgan fingerprint density at radius 1 is 1.36 bits per heavy atom. The van der Waals surface area contributed by atoms with Crippen molar-refractivity contribution in [1.82, 2.24) is 20.6 Å². The van der Waals surface area contributed by atoms with Crippen LogP contribution in [0.1, 0.15) is 36.7 Å². The summed E-state index contributed by atoms with van der Waals surface area (Å²) in [4.78, 5) is 20.5. The van der Waals surface area contributed by atoms with E-state index in [2.05, 4.69) is 25.9 Å². The zero-order valence-electron chi connectivity index (χ0n) is 14.6. The Balaban J connectivity index is 2.00. The van der Waals surface area contributed by atoms with Crippen molar-refractivity contribution >= 4 is 23.4 Å². The fourth-order valence-corrected chi connectivity index (χ4v) is 2.24. The van der Waals surface area contributed by atoms with Gasteiger partial charge in [0.25, 0.3) is 0 Å². The van der Waals surface area contributed by atoms with E-state index in [4.69, 9.17) is 11.1 Å². The van der Waals surface area contributed by atoms with Crippen LogP contribution >= 0.6 is 0 Å². The highest BCUT2D eigenvalue weighted by molar-refractivity contribution is 6.01. The Morgan fingerprint density at radius 3 is 2.76 bits per heavy atom. The molecule has 8 heteroatoms. The first-order valence-electron chi connectivity index (χ1n) is 7.99. The van der Waals surface area contributed by atoms with E-state index in [0.29, 0.717) is 23.6 Å². The summed E-state index contributed by atoms with van der Waals surface area (Å²) in [5.41, 5.74) is 8.64. The minimum Gasteiger partial charge on any atom is -0.398 e. The van der Waals surface area contributed by atoms with Crippen LogP contribution in [0.15, 0.2) is 30.6 Å². The summed E-state index contributed by atoms with van der Waals surface area (Å²) in [5.74, 6) is 0.509. The molecular formula is C17H23N7O. The van der Waals surface area contributed by atoms with E-state index >= 15 is 0 Å². The molecule has 1 atom stereocenters. The number of aromatic nitrogens is 2. The van der Waals surface area contributed by atoms with Crippen LogP contribution < -0.4 is 21.7 Å². The molecule has 0 fully saturated rings. The summed E-state index contributed by atoms with van der Waals surface area (Å²) in [6.07, 6.45) is 3.17. The number of aryl methyl sites for hydroxylation is 1. The Kier molecular flexibility index (Phi) is 5.89. The zero-order chi connectivity index (χ0) is 18.4. The number of amidine groups is 1. The number of carbonyl (C=O) groups excluding carboxylic acids is 1. The Morgan fingerprint density at radius 2 is 2.12 bits per heavy atom. The third kappa shape index (κ3) is 4.90. The SMILES string of the molecule is CCNC(=N)c1cnc(NC(=O)NC(C)c2cc(C)ccn2)cc1N. The van der Waals surface area contributed by atoms with Gasteiger partial charge in [0.2, 0.25) is 0 Å². The second-order valence-electron chi connectivity index (χ2n) is 5.64. The van der Waals surface area contributed by atoms with Crippen LogP contribution in [0.5, 0.6) is 0 Å². The maximum atomic E-state index is 12.1. The predicted molar refractivity (Wildman–Crippen MR) is 98.7 cm³/mol. The second-order valence-corrected chi connectivity index (χ2v) is 5.64. The minimum atomic E-state index is -0.405. The van der Waals surface area contributed by atoms with Crippen molar-refractivity contribution in [2.75, 3.05) is 17.6 Å². The fraction of sp³-hybridized carbons (Fsp3) is 0.294. The van der Waals surface area contributed by atoms with E-state index in [1.54, 1.807) is 6.20 Å². The molecule has 0 saturated carbocycles. The molecule has 2 aromatic heterocycles. The monoisotopic (exact) mass is 341 g/mol. The molecule has 0 saturated heterocycles. The van der Waals surface area contributed by atoms with E-state index in [-0.39, 0.29) is 11.9 Å². The average molecular weight is 341 g/mol. The Hall–Kier alpha value is -3.16. The number of nitrogen functional groups attached to an aromatic ring is 1. The molecule has 2 heterocycles. The lowest BCUT2D eigenvalue weighted by molar-refractivity contribution is 0.249. The molecule has 1 unspecified atom stereocenters. The van der Waals surface area contributed by atoms with Crippen molar-refractivity contribution in [3.63, 3.8) is 0 Å². The quantitative estimate of drug-likeness (QED) is 0.420. The fourth-order valence-electron chi connectivity index (χ4n) is 2.24. The van der Waals surface area contributed by atoms with Gasteiger partial charge in [-0.1, -0.05) is 0 Å². The Labute approximate surface area is 146 Å². The van der Waals surface area contributed by atoms with Gasteiger partial charge in [-0.05, 0) is 38.5 Å². The van der Waals surface area contributed by atoms with Crippen LogP contribution in [0.3, 0.4) is 0 Å². The van der Waals surface area contributed by atoms with Gasteiger partial charge in [0.1, 0.15) is 11.7 Å². The zero-order valence-corrected chi connectivity index (χ0v) is 14.6. The summed E-state index contributed by atoms with van der Waals surface area (Å²) >= 11 is 0. The van der Waals surface area contributed by atoms with E-state index < -0.39 is 6.03 Å². The highest BCUT2D eigenvalue weighted by Crippen LogP contribution is 2.16. The number of nitrogens with zero attached hydrogens (tertiary/aromatic N) is 2. The lowest BCUT2D eigenvalue weighted by atomic mass is 10.1. The standard InChI is InChI=1S/C17H23N7O/c1-4-20-16(19)12-9-22-15(8-13(12)18)24-17(25)23-11(3)14-7-10(2)5-6-21-14/h5-9,11H,4H2,1-3H3,(H2,19,20)(H4,18,22,23,24,25). The molecule has 0 radical (unpaired) electrons. The van der Waals surface area contributed by atoms with Crippen molar-refractivity contribution in [3.8, 4) is 0 Å². The molecule has 25 heavy (non-hydrogen) atoms. The topological polar surface area (TPSA) is 129 Å². The van der Waals surface area contributed by atoms with Crippen molar-refractivity contribution in [2.45, 2.75) is 26.8 Å². The lowest BCUT2D eigenvalue weighted by Gasteiger charge is -2.15. The summed E-state index contributed by atoms with van der Waals surface area (Å²) in [6.45, 7) is 6.33. The molecular weight excluding hydrogens is 318 g/mol.